The minimum atomic E-state index is -0.556. The monoisotopic (exact) mass is 179 g/mol. The average molecular weight is 179 g/mol. The number of aromatic hydroxyl groups is 1. The minimum absolute atomic E-state index is 0.00709. The number of phenolic OH excluding ortho intramolecular Hbond substituents is 1. The predicted molar refractivity (Wildman–Crippen MR) is 44.2 cm³/mol. The molecular formula is C8H7N2O3+. The molecule has 13 heavy (non-hydrogen) atoms. The Morgan fingerprint density at radius 1 is 1.62 bits per heavy atom. The van der Waals surface area contributed by atoms with Gasteiger partial charge in [0.05, 0.1) is 12.7 Å². The third-order valence-corrected chi connectivity index (χ3v) is 1.50. The van der Waals surface area contributed by atoms with Gasteiger partial charge in [-0.15, -0.1) is 0 Å². The maximum absolute atomic E-state index is 10.9. The molecule has 1 aromatic rings. The van der Waals surface area contributed by atoms with Crippen LogP contribution in [0.25, 0.3) is 4.98 Å². The Morgan fingerprint density at radius 3 is 2.77 bits per heavy atom. The van der Waals surface area contributed by atoms with Gasteiger partial charge in [0.15, 0.2) is 4.98 Å². The smallest absolute Gasteiger partial charge is 0.426 e. The minimum Gasteiger partial charge on any atom is -0.501 e. The van der Waals surface area contributed by atoms with Gasteiger partial charge >= 0.3 is 11.7 Å². The molecule has 1 rings (SSSR count). The summed E-state index contributed by atoms with van der Waals surface area (Å²) in [4.78, 5) is 13.7. The molecule has 0 spiro atoms. The van der Waals surface area contributed by atoms with Crippen molar-refractivity contribution in [1.29, 1.82) is 5.39 Å². The number of nitrogens with zero attached hydrogens (tertiary/aromatic N) is 2. The molecule has 0 atom stereocenters. The summed E-state index contributed by atoms with van der Waals surface area (Å²) in [6, 6.07) is 3.86. The third kappa shape index (κ3) is 1.73. The molecule has 0 aliphatic carbocycles. The number of hydrogen-bond acceptors (Lipinski definition) is 4. The van der Waals surface area contributed by atoms with Gasteiger partial charge in [0.1, 0.15) is 0 Å². The van der Waals surface area contributed by atoms with E-state index in [0.717, 1.165) is 0 Å². The fourth-order valence-corrected chi connectivity index (χ4v) is 0.853. The van der Waals surface area contributed by atoms with Crippen molar-refractivity contribution >= 4 is 11.7 Å². The van der Waals surface area contributed by atoms with Gasteiger partial charge in [-0.1, -0.05) is 0 Å². The maximum Gasteiger partial charge on any atom is 0.426 e. The first-order valence-corrected chi connectivity index (χ1v) is 3.45. The Labute approximate surface area is 74.2 Å². The first-order chi connectivity index (χ1) is 6.19. The molecule has 1 aromatic carbocycles. The Kier molecular flexibility index (Phi) is 2.45. The Bertz CT molecular complexity index is 381. The number of hydrogen-bond donors (Lipinski definition) is 1. The highest BCUT2D eigenvalue weighted by molar-refractivity contribution is 5.90. The summed E-state index contributed by atoms with van der Waals surface area (Å²) >= 11 is 0. The summed E-state index contributed by atoms with van der Waals surface area (Å²) in [5.41, 5.74) is 0.208. The van der Waals surface area contributed by atoms with Crippen LogP contribution in [0, 0.1) is 5.39 Å². The number of benzene rings is 1. The molecule has 0 saturated carbocycles. The van der Waals surface area contributed by atoms with Crippen LogP contribution in [-0.2, 0) is 4.74 Å². The van der Waals surface area contributed by atoms with Crippen LogP contribution in [0.5, 0.6) is 5.75 Å². The van der Waals surface area contributed by atoms with Crippen LogP contribution in [0.3, 0.4) is 0 Å². The fourth-order valence-electron chi connectivity index (χ4n) is 0.853. The molecule has 0 fully saturated rings. The van der Waals surface area contributed by atoms with E-state index in [0.29, 0.717) is 0 Å². The van der Waals surface area contributed by atoms with E-state index in [1.807, 2.05) is 0 Å². The Hall–Kier alpha value is -2.09. The summed E-state index contributed by atoms with van der Waals surface area (Å²) < 4.78 is 4.42. The lowest BCUT2D eigenvalue weighted by molar-refractivity contribution is 0.0600. The molecule has 0 aliphatic rings. The molecule has 0 saturated heterocycles. The van der Waals surface area contributed by atoms with Gasteiger partial charge in [-0.2, -0.15) is 0 Å². The van der Waals surface area contributed by atoms with Crippen molar-refractivity contribution in [3.05, 3.63) is 28.7 Å². The van der Waals surface area contributed by atoms with E-state index in [2.05, 4.69) is 9.71 Å². The molecule has 0 unspecified atom stereocenters. The molecule has 0 amide bonds. The van der Waals surface area contributed by atoms with Crippen LogP contribution in [0.2, 0.25) is 0 Å². The zero-order chi connectivity index (χ0) is 9.84. The lowest BCUT2D eigenvalue weighted by atomic mass is 10.2. The molecule has 0 radical (unpaired) electrons. The second kappa shape index (κ2) is 3.54. The lowest BCUT2D eigenvalue weighted by Gasteiger charge is -1.96. The number of ether oxygens (including phenoxy) is 1. The van der Waals surface area contributed by atoms with Gasteiger partial charge in [0.25, 0.3) is 0 Å². The quantitative estimate of drug-likeness (QED) is 0.525. The topological polar surface area (TPSA) is 74.7 Å². The molecule has 0 heterocycles. The number of carbonyl (C=O) groups excluding carboxylic acids is 1. The molecule has 66 valence electrons. The second-order valence-electron chi connectivity index (χ2n) is 2.30. The second-order valence-corrected chi connectivity index (χ2v) is 2.30. The fraction of sp³-hybridized carbons (Fsp3) is 0.125. The van der Waals surface area contributed by atoms with Crippen LogP contribution >= 0.6 is 0 Å². The van der Waals surface area contributed by atoms with E-state index >= 15 is 0 Å². The number of esters is 1. The number of phenols is 1. The van der Waals surface area contributed by atoms with E-state index in [4.69, 9.17) is 5.39 Å². The van der Waals surface area contributed by atoms with Crippen molar-refractivity contribution in [2.75, 3.05) is 7.11 Å². The highest BCUT2D eigenvalue weighted by Gasteiger charge is 2.15. The molecule has 0 aromatic heterocycles. The summed E-state index contributed by atoms with van der Waals surface area (Å²) in [5, 5.41) is 17.5. The third-order valence-electron chi connectivity index (χ3n) is 1.50. The highest BCUT2D eigenvalue weighted by Crippen LogP contribution is 2.26. The number of carbonyl (C=O) groups is 1. The summed E-state index contributed by atoms with van der Waals surface area (Å²) in [6.45, 7) is 0. The SMILES string of the molecule is COC(=O)c1ccc([N+]#N)c(O)c1. The van der Waals surface area contributed by atoms with Crippen LogP contribution < -0.4 is 0 Å². The molecule has 5 nitrogen and oxygen atoms in total. The molecule has 5 heteroatoms. The van der Waals surface area contributed by atoms with Crippen molar-refractivity contribution in [3.8, 4) is 5.75 Å². The van der Waals surface area contributed by atoms with E-state index in [-0.39, 0.29) is 17.0 Å². The highest BCUT2D eigenvalue weighted by atomic mass is 16.5. The number of rotatable bonds is 1. The normalized spacial score (nSPS) is 8.92. The Balaban J connectivity index is 3.11. The largest absolute Gasteiger partial charge is 0.501 e. The zero-order valence-corrected chi connectivity index (χ0v) is 6.89. The van der Waals surface area contributed by atoms with Crippen molar-refractivity contribution in [3.63, 3.8) is 0 Å². The lowest BCUT2D eigenvalue weighted by Crippen LogP contribution is -1.99. The van der Waals surface area contributed by atoms with E-state index in [1.54, 1.807) is 0 Å². The van der Waals surface area contributed by atoms with Crippen LogP contribution in [0.1, 0.15) is 10.4 Å². The van der Waals surface area contributed by atoms with Gasteiger partial charge < -0.3 is 9.84 Å². The van der Waals surface area contributed by atoms with Crippen molar-refractivity contribution in [1.82, 2.24) is 0 Å². The van der Waals surface area contributed by atoms with Gasteiger partial charge in [-0.3, -0.25) is 0 Å². The number of methoxy groups -OCH3 is 1. The molecule has 0 bridgehead atoms. The Morgan fingerprint density at radius 2 is 2.31 bits per heavy atom. The van der Waals surface area contributed by atoms with E-state index in [1.165, 1.54) is 25.3 Å². The van der Waals surface area contributed by atoms with Crippen LogP contribution in [0.15, 0.2) is 18.2 Å². The molecule has 1 N–H and O–H groups in total. The summed E-state index contributed by atoms with van der Waals surface area (Å²) in [5.74, 6) is -0.829. The summed E-state index contributed by atoms with van der Waals surface area (Å²) in [7, 11) is 1.24. The standard InChI is InChI=1S/C8H6N2O3/c1-13-8(12)5-2-3-6(10-9)7(11)4-5/h2-4H,1H3/p+1. The first-order valence-electron chi connectivity index (χ1n) is 3.45. The van der Waals surface area contributed by atoms with Gasteiger partial charge in [0, 0.05) is 12.1 Å². The average Bonchev–Trinajstić information content (AvgIpc) is 2.16. The zero-order valence-electron chi connectivity index (χ0n) is 6.89. The van der Waals surface area contributed by atoms with Gasteiger partial charge in [0.2, 0.25) is 11.1 Å². The van der Waals surface area contributed by atoms with Crippen molar-refractivity contribution in [2.45, 2.75) is 0 Å². The van der Waals surface area contributed by atoms with E-state index in [9.17, 15) is 9.90 Å². The van der Waals surface area contributed by atoms with Crippen molar-refractivity contribution in [2.24, 2.45) is 0 Å². The molecular weight excluding hydrogens is 172 g/mol. The van der Waals surface area contributed by atoms with E-state index < -0.39 is 5.97 Å². The maximum atomic E-state index is 10.9. The van der Waals surface area contributed by atoms with Gasteiger partial charge in [-0.05, 0) is 6.07 Å². The van der Waals surface area contributed by atoms with Crippen molar-refractivity contribution < 1.29 is 14.6 Å². The summed E-state index contributed by atoms with van der Waals surface area (Å²) in [6.07, 6.45) is 0. The van der Waals surface area contributed by atoms with Crippen LogP contribution in [0.4, 0.5) is 5.69 Å². The number of diazo groups is 1. The van der Waals surface area contributed by atoms with Crippen LogP contribution in [-0.4, -0.2) is 18.2 Å². The first kappa shape index (κ1) is 9.00. The van der Waals surface area contributed by atoms with Gasteiger partial charge in [-0.25, -0.2) is 4.79 Å². The predicted octanol–water partition coefficient (Wildman–Crippen LogP) is 1.66. The molecule has 0 aliphatic heterocycles.